The number of ether oxygens (including phenoxy) is 3. The molecule has 0 radical (unpaired) electrons. The van der Waals surface area contributed by atoms with Crippen LogP contribution in [0.15, 0.2) is 71.9 Å². The van der Waals surface area contributed by atoms with Gasteiger partial charge >= 0.3 is 0 Å². The van der Waals surface area contributed by atoms with Crippen LogP contribution in [0.3, 0.4) is 0 Å². The molecule has 3 aromatic carbocycles. The number of carbonyl (C=O) groups excluding carboxylic acids is 1. The normalized spacial score (nSPS) is 14.2. The van der Waals surface area contributed by atoms with Crippen LogP contribution in [0.4, 0.5) is 16.0 Å². The van der Waals surface area contributed by atoms with E-state index in [2.05, 4.69) is 26.2 Å². The van der Waals surface area contributed by atoms with Crippen LogP contribution in [-0.4, -0.2) is 39.3 Å². The summed E-state index contributed by atoms with van der Waals surface area (Å²) in [6.07, 6.45) is 0. The zero-order valence-electron chi connectivity index (χ0n) is 22.6. The number of rotatable bonds is 10. The van der Waals surface area contributed by atoms with Crippen molar-refractivity contribution in [1.82, 2.24) is 20.2 Å². The van der Waals surface area contributed by atoms with E-state index >= 15 is 0 Å². The summed E-state index contributed by atoms with van der Waals surface area (Å²) in [5.74, 6) is 0.908. The van der Waals surface area contributed by atoms with Crippen LogP contribution in [0, 0.1) is 5.82 Å². The molecular formula is C29H28ClFN6O4. The lowest BCUT2D eigenvalue weighted by Gasteiger charge is -2.28. The molecule has 212 valence electrons. The van der Waals surface area contributed by atoms with Gasteiger partial charge in [-0.1, -0.05) is 41.0 Å². The van der Waals surface area contributed by atoms with Crippen LogP contribution in [0.25, 0.3) is 0 Å². The molecule has 1 atom stereocenters. The SMILES string of the molecule is CCOc1ccccc1NC(=O)C1=C(C)Nc2nnnn2C1c1ccc(OCc2c(F)cccc2Cl)c(OCC)c1. The van der Waals surface area contributed by atoms with E-state index in [0.29, 0.717) is 58.9 Å². The fourth-order valence-corrected chi connectivity index (χ4v) is 4.78. The maximum Gasteiger partial charge on any atom is 0.255 e. The predicted molar refractivity (Wildman–Crippen MR) is 152 cm³/mol. The predicted octanol–water partition coefficient (Wildman–Crippen LogP) is 5.77. The Kier molecular flexibility index (Phi) is 8.34. The monoisotopic (exact) mass is 578 g/mol. The quantitative estimate of drug-likeness (QED) is 0.244. The van der Waals surface area contributed by atoms with E-state index in [0.717, 1.165) is 0 Å². The second kappa shape index (κ2) is 12.3. The van der Waals surface area contributed by atoms with E-state index in [1.807, 2.05) is 26.0 Å². The lowest BCUT2D eigenvalue weighted by Crippen LogP contribution is -2.31. The van der Waals surface area contributed by atoms with Gasteiger partial charge in [-0.2, -0.15) is 4.68 Å². The van der Waals surface area contributed by atoms with Gasteiger partial charge in [0, 0.05) is 11.3 Å². The first-order valence-electron chi connectivity index (χ1n) is 13.0. The maximum absolute atomic E-state index is 14.3. The van der Waals surface area contributed by atoms with Gasteiger partial charge < -0.3 is 24.8 Å². The van der Waals surface area contributed by atoms with Crippen molar-refractivity contribution in [2.75, 3.05) is 23.8 Å². The summed E-state index contributed by atoms with van der Waals surface area (Å²) in [6.45, 7) is 6.20. The Morgan fingerprint density at radius 1 is 1.02 bits per heavy atom. The number of anilines is 2. The maximum atomic E-state index is 14.3. The number of aromatic nitrogens is 4. The fourth-order valence-electron chi connectivity index (χ4n) is 4.56. The summed E-state index contributed by atoms with van der Waals surface area (Å²) in [6, 6.07) is 16.2. The lowest BCUT2D eigenvalue weighted by molar-refractivity contribution is -0.113. The largest absolute Gasteiger partial charge is 0.492 e. The van der Waals surface area contributed by atoms with Gasteiger partial charge in [0.25, 0.3) is 5.91 Å². The Morgan fingerprint density at radius 3 is 2.59 bits per heavy atom. The Morgan fingerprint density at radius 2 is 1.80 bits per heavy atom. The highest BCUT2D eigenvalue weighted by molar-refractivity contribution is 6.31. The molecule has 4 aromatic rings. The molecule has 41 heavy (non-hydrogen) atoms. The Labute approximate surface area is 241 Å². The number of hydrogen-bond acceptors (Lipinski definition) is 8. The van der Waals surface area contributed by atoms with Crippen LogP contribution in [0.5, 0.6) is 17.2 Å². The third-order valence-corrected chi connectivity index (χ3v) is 6.77. The van der Waals surface area contributed by atoms with Crippen molar-refractivity contribution in [3.05, 3.63) is 93.9 Å². The first-order chi connectivity index (χ1) is 19.9. The first kappa shape index (κ1) is 27.9. The number of carbonyl (C=O) groups is 1. The van der Waals surface area contributed by atoms with Crippen molar-refractivity contribution in [3.63, 3.8) is 0 Å². The standard InChI is InChI=1S/C29H28ClFN6O4/c1-4-39-23-12-7-6-11-22(23)33-28(38)26-17(3)32-29-34-35-36-37(29)27(26)18-13-14-24(25(15-18)40-5-2)41-16-19-20(30)9-8-10-21(19)31/h6-15,27H,4-5,16H2,1-3H3,(H,33,38)(H,32,34,36). The van der Waals surface area contributed by atoms with Crippen LogP contribution < -0.4 is 24.8 Å². The van der Waals surface area contributed by atoms with E-state index in [9.17, 15) is 9.18 Å². The minimum absolute atomic E-state index is 0.0959. The Bertz CT molecular complexity index is 1590. The molecule has 1 unspecified atom stereocenters. The number of benzene rings is 3. The first-order valence-corrected chi connectivity index (χ1v) is 13.4. The van der Waals surface area contributed by atoms with Gasteiger partial charge in [0.2, 0.25) is 5.95 Å². The molecule has 0 saturated carbocycles. The number of nitrogens with zero attached hydrogens (tertiary/aromatic N) is 4. The molecule has 2 N–H and O–H groups in total. The summed E-state index contributed by atoms with van der Waals surface area (Å²) < 4.78 is 33.4. The molecule has 1 aliphatic heterocycles. The number of nitrogens with one attached hydrogen (secondary N) is 2. The van der Waals surface area contributed by atoms with Crippen LogP contribution >= 0.6 is 11.6 Å². The van der Waals surface area contributed by atoms with Gasteiger partial charge in [0.15, 0.2) is 11.5 Å². The zero-order valence-corrected chi connectivity index (χ0v) is 23.4. The zero-order chi connectivity index (χ0) is 28.9. The summed E-state index contributed by atoms with van der Waals surface area (Å²) in [4.78, 5) is 13.8. The molecular weight excluding hydrogens is 551 g/mol. The van der Waals surface area contributed by atoms with Crippen LogP contribution in [-0.2, 0) is 11.4 Å². The van der Waals surface area contributed by atoms with E-state index < -0.39 is 11.9 Å². The number of fused-ring (bicyclic) bond motifs is 1. The van der Waals surface area contributed by atoms with E-state index in [1.54, 1.807) is 43.3 Å². The van der Waals surface area contributed by atoms with Crippen molar-refractivity contribution in [3.8, 4) is 17.2 Å². The van der Waals surface area contributed by atoms with E-state index in [-0.39, 0.29) is 23.1 Å². The molecule has 0 bridgehead atoms. The minimum atomic E-state index is -0.699. The summed E-state index contributed by atoms with van der Waals surface area (Å²) in [5, 5.41) is 18.4. The van der Waals surface area contributed by atoms with Crippen LogP contribution in [0.1, 0.15) is 37.9 Å². The fraction of sp³-hybridized carbons (Fsp3) is 0.241. The van der Waals surface area contributed by atoms with Crippen molar-refractivity contribution in [2.45, 2.75) is 33.4 Å². The van der Waals surface area contributed by atoms with Gasteiger partial charge in [-0.25, -0.2) is 4.39 Å². The average molecular weight is 579 g/mol. The molecule has 5 rings (SSSR count). The third-order valence-electron chi connectivity index (χ3n) is 6.41. The third kappa shape index (κ3) is 5.80. The molecule has 12 heteroatoms. The van der Waals surface area contributed by atoms with Crippen molar-refractivity contribution >= 4 is 29.1 Å². The van der Waals surface area contributed by atoms with Crippen LogP contribution in [0.2, 0.25) is 5.02 Å². The second-order valence-corrected chi connectivity index (χ2v) is 9.43. The van der Waals surface area contributed by atoms with Gasteiger partial charge in [-0.05, 0) is 73.2 Å². The van der Waals surface area contributed by atoms with E-state index in [1.165, 1.54) is 16.8 Å². The highest BCUT2D eigenvalue weighted by atomic mass is 35.5. The second-order valence-electron chi connectivity index (χ2n) is 9.02. The molecule has 0 fully saturated rings. The van der Waals surface area contributed by atoms with Gasteiger partial charge in [-0.15, -0.1) is 0 Å². The topological polar surface area (TPSA) is 112 Å². The van der Waals surface area contributed by atoms with Gasteiger partial charge in [0.05, 0.1) is 29.5 Å². The molecule has 0 spiro atoms. The van der Waals surface area contributed by atoms with Crippen molar-refractivity contribution < 1.29 is 23.4 Å². The molecule has 0 saturated heterocycles. The summed E-state index contributed by atoms with van der Waals surface area (Å²) in [7, 11) is 0. The molecule has 1 aromatic heterocycles. The highest BCUT2D eigenvalue weighted by Crippen LogP contribution is 2.39. The van der Waals surface area contributed by atoms with Gasteiger partial charge in [0.1, 0.15) is 24.2 Å². The lowest BCUT2D eigenvalue weighted by atomic mass is 9.94. The molecule has 2 heterocycles. The summed E-state index contributed by atoms with van der Waals surface area (Å²) >= 11 is 6.18. The molecule has 1 amide bonds. The molecule has 10 nitrogen and oxygen atoms in total. The highest BCUT2D eigenvalue weighted by Gasteiger charge is 2.35. The number of halogens is 2. The molecule has 1 aliphatic rings. The smallest absolute Gasteiger partial charge is 0.255 e. The van der Waals surface area contributed by atoms with Crippen molar-refractivity contribution in [2.24, 2.45) is 0 Å². The number of allylic oxidation sites excluding steroid dienone is 1. The Hall–Kier alpha value is -4.64. The summed E-state index contributed by atoms with van der Waals surface area (Å²) in [5.41, 5.74) is 2.41. The number of para-hydroxylation sites is 2. The van der Waals surface area contributed by atoms with E-state index in [4.69, 9.17) is 25.8 Å². The average Bonchev–Trinajstić information content (AvgIpc) is 3.42. The number of tetrazole rings is 1. The van der Waals surface area contributed by atoms with Crippen molar-refractivity contribution in [1.29, 1.82) is 0 Å². The van der Waals surface area contributed by atoms with Gasteiger partial charge in [-0.3, -0.25) is 4.79 Å². The minimum Gasteiger partial charge on any atom is -0.492 e. The Balaban J connectivity index is 1.50. The number of hydrogen-bond donors (Lipinski definition) is 2. The molecule has 0 aliphatic carbocycles. The number of amides is 1.